The van der Waals surface area contributed by atoms with Gasteiger partial charge in [-0.1, -0.05) is 31.9 Å². The summed E-state index contributed by atoms with van der Waals surface area (Å²) in [6.45, 7) is 2.25. The van der Waals surface area contributed by atoms with Crippen molar-refractivity contribution in [3.63, 3.8) is 0 Å². The Morgan fingerprint density at radius 2 is 2.11 bits per heavy atom. The quantitative estimate of drug-likeness (QED) is 0.864. The first-order valence-corrected chi connectivity index (χ1v) is 7.71. The van der Waals surface area contributed by atoms with Gasteiger partial charge < -0.3 is 9.84 Å². The molecule has 0 heterocycles. The second kappa shape index (κ2) is 5.54. The van der Waals surface area contributed by atoms with Crippen molar-refractivity contribution in [3.05, 3.63) is 29.8 Å². The van der Waals surface area contributed by atoms with Crippen molar-refractivity contribution in [2.45, 2.75) is 57.7 Å². The molecular formula is C17H24O2. The van der Waals surface area contributed by atoms with Crippen LogP contribution in [0.3, 0.4) is 0 Å². The molecule has 0 spiro atoms. The Bertz CT molecular complexity index is 425. The summed E-state index contributed by atoms with van der Waals surface area (Å²) in [4.78, 5) is 0. The molecule has 3 atom stereocenters. The van der Waals surface area contributed by atoms with Gasteiger partial charge in [0.1, 0.15) is 5.75 Å². The zero-order valence-corrected chi connectivity index (χ0v) is 11.7. The Hall–Kier alpha value is -1.02. The van der Waals surface area contributed by atoms with Crippen LogP contribution in [0.2, 0.25) is 0 Å². The highest BCUT2D eigenvalue weighted by atomic mass is 16.5. The zero-order chi connectivity index (χ0) is 13.2. The first-order valence-electron chi connectivity index (χ1n) is 7.71. The monoisotopic (exact) mass is 260 g/mol. The van der Waals surface area contributed by atoms with E-state index in [9.17, 15) is 5.11 Å². The van der Waals surface area contributed by atoms with Gasteiger partial charge in [0.05, 0.1) is 12.2 Å². The fraction of sp³-hybridized carbons (Fsp3) is 0.647. The molecule has 1 aromatic rings. The lowest BCUT2D eigenvalue weighted by Gasteiger charge is -2.19. The molecule has 19 heavy (non-hydrogen) atoms. The zero-order valence-electron chi connectivity index (χ0n) is 11.7. The summed E-state index contributed by atoms with van der Waals surface area (Å²) in [7, 11) is 0. The van der Waals surface area contributed by atoms with Crippen molar-refractivity contribution in [2.75, 3.05) is 0 Å². The second-order valence-corrected chi connectivity index (χ2v) is 6.18. The molecule has 2 heteroatoms. The van der Waals surface area contributed by atoms with Crippen LogP contribution in [0, 0.1) is 11.8 Å². The molecule has 2 aliphatic carbocycles. The van der Waals surface area contributed by atoms with Gasteiger partial charge in [-0.2, -0.15) is 0 Å². The number of hydrogen-bond donors (Lipinski definition) is 1. The fourth-order valence-electron chi connectivity index (χ4n) is 3.19. The molecule has 2 aliphatic rings. The molecule has 1 N–H and O–H groups in total. The number of benzene rings is 1. The molecule has 0 amide bonds. The predicted octanol–water partition coefficient (Wildman–Crippen LogP) is 4.09. The summed E-state index contributed by atoms with van der Waals surface area (Å²) < 4.78 is 5.81. The van der Waals surface area contributed by atoms with Crippen LogP contribution in [0.15, 0.2) is 24.3 Å². The summed E-state index contributed by atoms with van der Waals surface area (Å²) in [5.41, 5.74) is 1.03. The van der Waals surface area contributed by atoms with Gasteiger partial charge in [-0.25, -0.2) is 0 Å². The summed E-state index contributed by atoms with van der Waals surface area (Å²) in [5.74, 6) is 2.16. The minimum atomic E-state index is -0.320. The maximum atomic E-state index is 10.6. The van der Waals surface area contributed by atoms with E-state index in [1.54, 1.807) is 0 Å². The SMILES string of the molecule is CCC1CCC(C(O)c2cccc(OC3CC3)c2)C1. The number of aliphatic hydroxyl groups is 1. The molecule has 2 nitrogen and oxygen atoms in total. The van der Waals surface area contributed by atoms with Crippen LogP contribution in [0.5, 0.6) is 5.75 Å². The second-order valence-electron chi connectivity index (χ2n) is 6.18. The highest BCUT2D eigenvalue weighted by molar-refractivity contribution is 5.30. The van der Waals surface area contributed by atoms with E-state index in [4.69, 9.17) is 4.74 Å². The first kappa shape index (κ1) is 13.0. The molecule has 0 bridgehead atoms. The Kier molecular flexibility index (Phi) is 3.79. The van der Waals surface area contributed by atoms with Gasteiger partial charge in [0.15, 0.2) is 0 Å². The van der Waals surface area contributed by atoms with Gasteiger partial charge in [0.25, 0.3) is 0 Å². The highest BCUT2D eigenvalue weighted by Crippen LogP contribution is 2.41. The summed E-state index contributed by atoms with van der Waals surface area (Å²) in [6, 6.07) is 8.06. The maximum absolute atomic E-state index is 10.6. The molecule has 0 saturated heterocycles. The van der Waals surface area contributed by atoms with E-state index in [2.05, 4.69) is 6.92 Å². The van der Waals surface area contributed by atoms with Crippen molar-refractivity contribution < 1.29 is 9.84 Å². The van der Waals surface area contributed by atoms with Gasteiger partial charge in [-0.05, 0) is 55.2 Å². The average molecular weight is 260 g/mol. The molecule has 2 saturated carbocycles. The standard InChI is InChI=1S/C17H24O2/c1-2-12-6-7-14(10-12)17(18)13-4-3-5-16(11-13)19-15-8-9-15/h3-5,11-12,14-15,17-18H,2,6-10H2,1H3. The Morgan fingerprint density at radius 3 is 2.79 bits per heavy atom. The van der Waals surface area contributed by atoms with Gasteiger partial charge >= 0.3 is 0 Å². The third-order valence-corrected chi connectivity index (χ3v) is 4.63. The van der Waals surface area contributed by atoms with Crippen LogP contribution in [0.4, 0.5) is 0 Å². The van der Waals surface area contributed by atoms with Crippen molar-refractivity contribution >= 4 is 0 Å². The summed E-state index contributed by atoms with van der Waals surface area (Å²) in [5, 5.41) is 10.6. The number of rotatable bonds is 5. The van der Waals surface area contributed by atoms with Crippen molar-refractivity contribution in [1.29, 1.82) is 0 Å². The molecule has 3 rings (SSSR count). The van der Waals surface area contributed by atoms with Crippen LogP contribution >= 0.6 is 0 Å². The lowest BCUT2D eigenvalue weighted by Crippen LogP contribution is -2.10. The third-order valence-electron chi connectivity index (χ3n) is 4.63. The molecule has 0 aliphatic heterocycles. The fourth-order valence-corrected chi connectivity index (χ4v) is 3.19. The van der Waals surface area contributed by atoms with E-state index >= 15 is 0 Å². The highest BCUT2D eigenvalue weighted by Gasteiger charge is 2.30. The maximum Gasteiger partial charge on any atom is 0.120 e. The predicted molar refractivity (Wildman–Crippen MR) is 76.2 cm³/mol. The lowest BCUT2D eigenvalue weighted by atomic mass is 9.93. The van der Waals surface area contributed by atoms with Crippen LogP contribution in [0.1, 0.15) is 57.1 Å². The minimum Gasteiger partial charge on any atom is -0.490 e. The summed E-state index contributed by atoms with van der Waals surface area (Å²) in [6.07, 6.45) is 7.30. The normalized spacial score (nSPS) is 28.3. The van der Waals surface area contributed by atoms with Gasteiger partial charge in [-0.3, -0.25) is 0 Å². The molecule has 0 radical (unpaired) electrons. The van der Waals surface area contributed by atoms with Crippen LogP contribution in [-0.2, 0) is 0 Å². The Labute approximate surface area is 115 Å². The minimum absolute atomic E-state index is 0.320. The Balaban J connectivity index is 1.66. The molecule has 2 fully saturated rings. The largest absolute Gasteiger partial charge is 0.490 e. The number of hydrogen-bond acceptors (Lipinski definition) is 2. The number of aliphatic hydroxyl groups excluding tert-OH is 1. The van der Waals surface area contributed by atoms with Crippen molar-refractivity contribution in [1.82, 2.24) is 0 Å². The van der Waals surface area contributed by atoms with Gasteiger partial charge in [-0.15, -0.1) is 0 Å². The van der Waals surface area contributed by atoms with Crippen LogP contribution in [0.25, 0.3) is 0 Å². The van der Waals surface area contributed by atoms with Crippen LogP contribution in [-0.4, -0.2) is 11.2 Å². The molecule has 0 aromatic heterocycles. The molecule has 104 valence electrons. The lowest BCUT2D eigenvalue weighted by molar-refractivity contribution is 0.108. The molecular weight excluding hydrogens is 236 g/mol. The topological polar surface area (TPSA) is 29.5 Å². The van der Waals surface area contributed by atoms with Gasteiger partial charge in [0.2, 0.25) is 0 Å². The van der Waals surface area contributed by atoms with E-state index in [-0.39, 0.29) is 6.10 Å². The van der Waals surface area contributed by atoms with E-state index in [0.29, 0.717) is 12.0 Å². The van der Waals surface area contributed by atoms with Crippen molar-refractivity contribution in [2.24, 2.45) is 11.8 Å². The Morgan fingerprint density at radius 1 is 1.26 bits per heavy atom. The average Bonchev–Trinajstić information content (AvgIpc) is 3.11. The van der Waals surface area contributed by atoms with E-state index in [0.717, 1.165) is 23.7 Å². The molecule has 3 unspecified atom stereocenters. The van der Waals surface area contributed by atoms with E-state index in [1.807, 2.05) is 24.3 Å². The van der Waals surface area contributed by atoms with Gasteiger partial charge in [0, 0.05) is 0 Å². The number of ether oxygens (including phenoxy) is 1. The first-order chi connectivity index (χ1) is 9.26. The molecule has 1 aromatic carbocycles. The van der Waals surface area contributed by atoms with Crippen LogP contribution < -0.4 is 4.74 Å². The van der Waals surface area contributed by atoms with E-state index < -0.39 is 0 Å². The summed E-state index contributed by atoms with van der Waals surface area (Å²) >= 11 is 0. The van der Waals surface area contributed by atoms with E-state index in [1.165, 1.54) is 32.1 Å². The smallest absolute Gasteiger partial charge is 0.120 e. The van der Waals surface area contributed by atoms with Crippen molar-refractivity contribution in [3.8, 4) is 5.75 Å². The third kappa shape index (κ3) is 3.11.